The Balaban J connectivity index is 1.76. The Bertz CT molecular complexity index is 494. The Kier molecular flexibility index (Phi) is 5.13. The molecule has 0 bridgehead atoms. The van der Waals surface area contributed by atoms with Gasteiger partial charge in [-0.15, -0.1) is 11.8 Å². The van der Waals surface area contributed by atoms with E-state index in [4.69, 9.17) is 5.73 Å². The predicted octanol–water partition coefficient (Wildman–Crippen LogP) is 2.22. The van der Waals surface area contributed by atoms with Crippen LogP contribution in [0.15, 0.2) is 29.2 Å². The van der Waals surface area contributed by atoms with Gasteiger partial charge >= 0.3 is 0 Å². The molecule has 4 nitrogen and oxygen atoms in total. The lowest BCUT2D eigenvalue weighted by molar-refractivity contribution is 0.553. The molecular formula is C13H20N2O2S2. The number of sulfonamides is 1. The first-order chi connectivity index (χ1) is 9.05. The van der Waals surface area contributed by atoms with E-state index < -0.39 is 10.0 Å². The average molecular weight is 300 g/mol. The van der Waals surface area contributed by atoms with Gasteiger partial charge in [-0.2, -0.15) is 0 Å². The fourth-order valence-corrected chi connectivity index (χ4v) is 4.83. The van der Waals surface area contributed by atoms with Crippen LogP contribution >= 0.6 is 11.8 Å². The molecule has 2 rings (SSSR count). The summed E-state index contributed by atoms with van der Waals surface area (Å²) >= 11 is 1.54. The summed E-state index contributed by atoms with van der Waals surface area (Å²) < 4.78 is 26.6. The van der Waals surface area contributed by atoms with Crippen molar-refractivity contribution in [1.82, 2.24) is 4.72 Å². The standard InChI is InChI=1S/C13H20N2O2S2/c14-11-5-7-13(8-6-11)18-9-10-19(16,17)15-12-3-1-2-4-12/h5-8,12,15H,1-4,9-10,14H2. The monoisotopic (exact) mass is 300 g/mol. The largest absolute Gasteiger partial charge is 0.399 e. The van der Waals surface area contributed by atoms with E-state index in [1.54, 1.807) is 0 Å². The molecule has 1 aliphatic carbocycles. The molecule has 0 radical (unpaired) electrons. The molecule has 0 aromatic heterocycles. The summed E-state index contributed by atoms with van der Waals surface area (Å²) in [5.74, 6) is 0.727. The second kappa shape index (κ2) is 6.63. The lowest BCUT2D eigenvalue weighted by atomic mass is 10.3. The fourth-order valence-electron chi connectivity index (χ4n) is 2.19. The molecule has 0 amide bonds. The summed E-state index contributed by atoms with van der Waals surface area (Å²) in [7, 11) is -3.14. The van der Waals surface area contributed by atoms with Crippen molar-refractivity contribution in [3.63, 3.8) is 0 Å². The number of nitrogens with two attached hydrogens (primary N) is 1. The number of hydrogen-bond acceptors (Lipinski definition) is 4. The molecule has 0 heterocycles. The second-order valence-corrected chi connectivity index (χ2v) is 7.88. The van der Waals surface area contributed by atoms with Crippen molar-refractivity contribution < 1.29 is 8.42 Å². The molecule has 1 aromatic carbocycles. The number of anilines is 1. The van der Waals surface area contributed by atoms with Crippen LogP contribution in [0.3, 0.4) is 0 Å². The maximum Gasteiger partial charge on any atom is 0.212 e. The quantitative estimate of drug-likeness (QED) is 0.624. The van der Waals surface area contributed by atoms with E-state index in [2.05, 4.69) is 4.72 Å². The molecule has 6 heteroatoms. The van der Waals surface area contributed by atoms with Crippen LogP contribution in [-0.4, -0.2) is 26.0 Å². The average Bonchev–Trinajstić information content (AvgIpc) is 2.83. The highest BCUT2D eigenvalue weighted by Crippen LogP contribution is 2.21. The number of benzene rings is 1. The van der Waals surface area contributed by atoms with Gasteiger partial charge in [0.2, 0.25) is 10.0 Å². The Morgan fingerprint density at radius 2 is 1.84 bits per heavy atom. The summed E-state index contributed by atoms with van der Waals surface area (Å²) in [6.45, 7) is 0. The first-order valence-corrected chi connectivity index (χ1v) is 9.17. The van der Waals surface area contributed by atoms with Crippen molar-refractivity contribution in [3.8, 4) is 0 Å². The molecule has 1 aliphatic rings. The van der Waals surface area contributed by atoms with Gasteiger partial charge < -0.3 is 5.73 Å². The van der Waals surface area contributed by atoms with Crippen LogP contribution in [0.25, 0.3) is 0 Å². The van der Waals surface area contributed by atoms with Gasteiger partial charge in [0, 0.05) is 22.4 Å². The minimum atomic E-state index is -3.14. The van der Waals surface area contributed by atoms with Gasteiger partial charge in [-0.25, -0.2) is 13.1 Å². The summed E-state index contributed by atoms with van der Waals surface area (Å²) in [4.78, 5) is 1.05. The Morgan fingerprint density at radius 3 is 2.47 bits per heavy atom. The van der Waals surface area contributed by atoms with E-state index in [1.165, 1.54) is 11.8 Å². The second-order valence-electron chi connectivity index (χ2n) is 4.84. The SMILES string of the molecule is Nc1ccc(SCCS(=O)(=O)NC2CCCC2)cc1. The zero-order valence-corrected chi connectivity index (χ0v) is 12.5. The summed E-state index contributed by atoms with van der Waals surface area (Å²) in [5, 5.41) is 0. The number of thioether (sulfide) groups is 1. The van der Waals surface area contributed by atoms with Gasteiger partial charge in [0.15, 0.2) is 0 Å². The van der Waals surface area contributed by atoms with Crippen molar-refractivity contribution >= 4 is 27.5 Å². The first kappa shape index (κ1) is 14.7. The maximum atomic E-state index is 11.9. The van der Waals surface area contributed by atoms with Crippen LogP contribution in [0.5, 0.6) is 0 Å². The number of hydrogen-bond donors (Lipinski definition) is 2. The highest BCUT2D eigenvalue weighted by molar-refractivity contribution is 8.00. The molecule has 0 aliphatic heterocycles. The minimum absolute atomic E-state index is 0.159. The van der Waals surface area contributed by atoms with Crippen molar-refractivity contribution in [3.05, 3.63) is 24.3 Å². The molecule has 1 saturated carbocycles. The van der Waals surface area contributed by atoms with E-state index in [1.807, 2.05) is 24.3 Å². The Morgan fingerprint density at radius 1 is 1.21 bits per heavy atom. The topological polar surface area (TPSA) is 72.2 Å². The molecule has 106 valence electrons. The molecule has 1 aromatic rings. The smallest absolute Gasteiger partial charge is 0.212 e. The molecule has 0 saturated heterocycles. The Labute approximate surface area is 119 Å². The van der Waals surface area contributed by atoms with E-state index in [0.29, 0.717) is 5.75 Å². The molecule has 0 unspecified atom stereocenters. The van der Waals surface area contributed by atoms with Gasteiger partial charge in [0.25, 0.3) is 0 Å². The molecule has 3 N–H and O–H groups in total. The third-order valence-electron chi connectivity index (χ3n) is 3.20. The van der Waals surface area contributed by atoms with E-state index >= 15 is 0 Å². The number of rotatable bonds is 6. The van der Waals surface area contributed by atoms with Crippen LogP contribution in [0.4, 0.5) is 5.69 Å². The van der Waals surface area contributed by atoms with Crippen molar-refractivity contribution in [2.24, 2.45) is 0 Å². The van der Waals surface area contributed by atoms with Crippen molar-refractivity contribution in [2.75, 3.05) is 17.2 Å². The van der Waals surface area contributed by atoms with Gasteiger partial charge in [0.05, 0.1) is 5.75 Å². The lowest BCUT2D eigenvalue weighted by Crippen LogP contribution is -2.35. The lowest BCUT2D eigenvalue weighted by Gasteiger charge is -2.12. The third kappa shape index (κ3) is 5.04. The zero-order chi connectivity index (χ0) is 13.7. The molecule has 0 atom stereocenters. The normalized spacial score (nSPS) is 16.8. The predicted molar refractivity (Wildman–Crippen MR) is 80.8 cm³/mol. The first-order valence-electron chi connectivity index (χ1n) is 6.53. The third-order valence-corrected chi connectivity index (χ3v) is 5.91. The summed E-state index contributed by atoms with van der Waals surface area (Å²) in [6.07, 6.45) is 4.22. The molecule has 19 heavy (non-hydrogen) atoms. The molecular weight excluding hydrogens is 280 g/mol. The van der Waals surface area contributed by atoms with Crippen LogP contribution in [0.1, 0.15) is 25.7 Å². The van der Waals surface area contributed by atoms with Crippen LogP contribution in [-0.2, 0) is 10.0 Å². The summed E-state index contributed by atoms with van der Waals surface area (Å²) in [5.41, 5.74) is 6.32. The Hall–Kier alpha value is -0.720. The van der Waals surface area contributed by atoms with Crippen LogP contribution < -0.4 is 10.5 Å². The van der Waals surface area contributed by atoms with Crippen LogP contribution in [0, 0.1) is 0 Å². The van der Waals surface area contributed by atoms with Crippen molar-refractivity contribution in [2.45, 2.75) is 36.6 Å². The van der Waals surface area contributed by atoms with Gasteiger partial charge in [-0.1, -0.05) is 12.8 Å². The highest BCUT2D eigenvalue weighted by Gasteiger charge is 2.20. The molecule has 0 spiro atoms. The van der Waals surface area contributed by atoms with Crippen LogP contribution in [0.2, 0.25) is 0 Å². The van der Waals surface area contributed by atoms with E-state index in [-0.39, 0.29) is 11.8 Å². The van der Waals surface area contributed by atoms with Gasteiger partial charge in [0.1, 0.15) is 0 Å². The van der Waals surface area contributed by atoms with Gasteiger partial charge in [-0.3, -0.25) is 0 Å². The maximum absolute atomic E-state index is 11.9. The number of nitrogen functional groups attached to an aromatic ring is 1. The van der Waals surface area contributed by atoms with E-state index in [9.17, 15) is 8.42 Å². The van der Waals surface area contributed by atoms with Crippen molar-refractivity contribution in [1.29, 1.82) is 0 Å². The highest BCUT2D eigenvalue weighted by atomic mass is 32.2. The molecule has 1 fully saturated rings. The van der Waals surface area contributed by atoms with E-state index in [0.717, 1.165) is 36.3 Å². The fraction of sp³-hybridized carbons (Fsp3) is 0.538. The van der Waals surface area contributed by atoms with Gasteiger partial charge in [-0.05, 0) is 37.1 Å². The zero-order valence-electron chi connectivity index (χ0n) is 10.8. The summed E-state index contributed by atoms with van der Waals surface area (Å²) in [6, 6.07) is 7.64. The number of nitrogens with one attached hydrogen (secondary N) is 1. The minimum Gasteiger partial charge on any atom is -0.399 e.